The van der Waals surface area contributed by atoms with Crippen LogP contribution in [0, 0.1) is 0 Å². The number of para-hydroxylation sites is 1. The van der Waals surface area contributed by atoms with Gasteiger partial charge in [0.2, 0.25) is 5.91 Å². The summed E-state index contributed by atoms with van der Waals surface area (Å²) in [6.45, 7) is 3.59. The fourth-order valence-corrected chi connectivity index (χ4v) is 2.39. The highest BCUT2D eigenvalue weighted by Gasteiger charge is 2.22. The number of nitrogens with one attached hydrogen (secondary N) is 1. The quantitative estimate of drug-likeness (QED) is 0.886. The van der Waals surface area contributed by atoms with Crippen LogP contribution in [-0.2, 0) is 22.4 Å². The van der Waals surface area contributed by atoms with Crippen molar-refractivity contribution in [3.05, 3.63) is 35.5 Å². The molecule has 1 amide bonds. The fraction of sp³-hybridized carbons (Fsp3) is 0.375. The van der Waals surface area contributed by atoms with Crippen molar-refractivity contribution in [2.45, 2.75) is 32.7 Å². The number of hydrogen-bond donors (Lipinski definition) is 2. The zero-order chi connectivity index (χ0) is 15.6. The van der Waals surface area contributed by atoms with E-state index in [1.165, 1.54) is 24.4 Å². The summed E-state index contributed by atoms with van der Waals surface area (Å²) in [5.41, 5.74) is 3.16. The summed E-state index contributed by atoms with van der Waals surface area (Å²) in [7, 11) is 1.52. The van der Waals surface area contributed by atoms with Gasteiger partial charge >= 0.3 is 5.97 Å². The fourth-order valence-electron chi connectivity index (χ4n) is 2.39. The molecule has 21 heavy (non-hydrogen) atoms. The first-order valence-corrected chi connectivity index (χ1v) is 7.02. The van der Waals surface area contributed by atoms with Gasteiger partial charge in [0.05, 0.1) is 6.42 Å². The van der Waals surface area contributed by atoms with E-state index in [-0.39, 0.29) is 12.3 Å². The van der Waals surface area contributed by atoms with Gasteiger partial charge in [0, 0.05) is 24.1 Å². The Morgan fingerprint density at radius 2 is 2.05 bits per heavy atom. The summed E-state index contributed by atoms with van der Waals surface area (Å²) in [6.07, 6.45) is 2.95. The van der Waals surface area contributed by atoms with E-state index in [2.05, 4.69) is 18.0 Å². The molecule has 0 bridgehead atoms. The predicted molar refractivity (Wildman–Crippen MR) is 81.2 cm³/mol. The third-order valence-corrected chi connectivity index (χ3v) is 3.94. The number of amides is 1. The molecule has 2 aromatic rings. The second kappa shape index (κ2) is 5.99. The molecule has 1 unspecified atom stereocenters. The van der Waals surface area contributed by atoms with Crippen molar-refractivity contribution in [3.63, 3.8) is 0 Å². The molecule has 5 nitrogen and oxygen atoms in total. The third kappa shape index (κ3) is 2.91. The third-order valence-electron chi connectivity index (χ3n) is 3.94. The van der Waals surface area contributed by atoms with Crippen molar-refractivity contribution in [1.29, 1.82) is 0 Å². The number of carboxylic acids is 1. The Morgan fingerprint density at radius 3 is 2.67 bits per heavy atom. The monoisotopic (exact) mass is 288 g/mol. The number of rotatable bonds is 5. The standard InChI is InChI=1S/C16H20N2O3/c1-4-11-6-5-7-13-12(9-17-15(11)13)8-14(19)18(3)10(2)16(20)21/h5-7,9-10,17H,4,8H2,1-3H3,(H,20,21). The van der Waals surface area contributed by atoms with Gasteiger partial charge in [0.1, 0.15) is 6.04 Å². The molecule has 1 aromatic heterocycles. The van der Waals surface area contributed by atoms with Crippen LogP contribution < -0.4 is 0 Å². The van der Waals surface area contributed by atoms with Crippen LogP contribution in [0.2, 0.25) is 0 Å². The number of aliphatic carboxylic acids is 1. The van der Waals surface area contributed by atoms with Gasteiger partial charge in [0.25, 0.3) is 0 Å². The molecule has 0 aliphatic rings. The van der Waals surface area contributed by atoms with Crippen molar-refractivity contribution in [2.75, 3.05) is 7.05 Å². The van der Waals surface area contributed by atoms with Gasteiger partial charge in [-0.3, -0.25) is 4.79 Å². The smallest absolute Gasteiger partial charge is 0.326 e. The Morgan fingerprint density at radius 1 is 1.33 bits per heavy atom. The lowest BCUT2D eigenvalue weighted by atomic mass is 10.0. The Labute approximate surface area is 123 Å². The second-order valence-electron chi connectivity index (χ2n) is 5.20. The maximum Gasteiger partial charge on any atom is 0.326 e. The number of fused-ring (bicyclic) bond motifs is 1. The first kappa shape index (κ1) is 15.1. The van der Waals surface area contributed by atoms with Gasteiger partial charge in [0.15, 0.2) is 0 Å². The van der Waals surface area contributed by atoms with Crippen LogP contribution in [-0.4, -0.2) is 40.0 Å². The number of aromatic nitrogens is 1. The number of benzene rings is 1. The van der Waals surface area contributed by atoms with Gasteiger partial charge in [-0.2, -0.15) is 0 Å². The highest BCUT2D eigenvalue weighted by atomic mass is 16.4. The molecule has 1 atom stereocenters. The number of aryl methyl sites for hydroxylation is 1. The van der Waals surface area contributed by atoms with Gasteiger partial charge in [-0.1, -0.05) is 25.1 Å². The number of carbonyl (C=O) groups is 2. The van der Waals surface area contributed by atoms with Gasteiger partial charge in [-0.25, -0.2) is 4.79 Å². The number of carbonyl (C=O) groups excluding carboxylic acids is 1. The lowest BCUT2D eigenvalue weighted by Gasteiger charge is -2.21. The minimum absolute atomic E-state index is 0.196. The molecule has 2 N–H and O–H groups in total. The number of nitrogens with zero attached hydrogens (tertiary/aromatic N) is 1. The molecule has 1 aromatic carbocycles. The van der Waals surface area contributed by atoms with Crippen LogP contribution in [0.5, 0.6) is 0 Å². The lowest BCUT2D eigenvalue weighted by molar-refractivity contribution is -0.147. The van der Waals surface area contributed by atoms with E-state index in [9.17, 15) is 9.59 Å². The van der Waals surface area contributed by atoms with Crippen LogP contribution in [0.4, 0.5) is 0 Å². The topological polar surface area (TPSA) is 73.4 Å². The van der Waals surface area contributed by atoms with Crippen molar-refractivity contribution < 1.29 is 14.7 Å². The molecule has 0 saturated carbocycles. The number of aromatic amines is 1. The zero-order valence-corrected chi connectivity index (χ0v) is 12.5. The van der Waals surface area contributed by atoms with Crippen molar-refractivity contribution in [3.8, 4) is 0 Å². The molecular weight excluding hydrogens is 268 g/mol. The van der Waals surface area contributed by atoms with E-state index in [0.29, 0.717) is 0 Å². The number of likely N-dealkylation sites (N-methyl/N-ethyl adjacent to an activating group) is 1. The van der Waals surface area contributed by atoms with Gasteiger partial charge in [-0.15, -0.1) is 0 Å². The molecular formula is C16H20N2O3. The maximum absolute atomic E-state index is 12.2. The highest BCUT2D eigenvalue weighted by Crippen LogP contribution is 2.23. The van der Waals surface area contributed by atoms with E-state index < -0.39 is 12.0 Å². The van der Waals surface area contributed by atoms with E-state index >= 15 is 0 Å². The van der Waals surface area contributed by atoms with Crippen molar-refractivity contribution in [2.24, 2.45) is 0 Å². The van der Waals surface area contributed by atoms with Crippen molar-refractivity contribution >= 4 is 22.8 Å². The largest absolute Gasteiger partial charge is 0.480 e. The molecule has 112 valence electrons. The average molecular weight is 288 g/mol. The molecule has 1 heterocycles. The molecule has 0 spiro atoms. The Hall–Kier alpha value is -2.30. The van der Waals surface area contributed by atoms with Crippen molar-refractivity contribution in [1.82, 2.24) is 9.88 Å². The molecule has 0 fully saturated rings. The van der Waals surface area contributed by atoms with Crippen LogP contribution in [0.25, 0.3) is 10.9 Å². The summed E-state index contributed by atoms with van der Waals surface area (Å²) in [6, 6.07) is 5.19. The first-order chi connectivity index (χ1) is 9.95. The predicted octanol–water partition coefficient (Wildman–Crippen LogP) is 2.20. The summed E-state index contributed by atoms with van der Waals surface area (Å²) in [5, 5.41) is 9.99. The molecule has 0 aliphatic carbocycles. The first-order valence-electron chi connectivity index (χ1n) is 7.02. The Balaban J connectivity index is 2.24. The number of H-pyrrole nitrogens is 1. The molecule has 0 radical (unpaired) electrons. The van der Waals surface area contributed by atoms with E-state index in [1.807, 2.05) is 18.3 Å². The highest BCUT2D eigenvalue weighted by molar-refractivity contribution is 5.91. The Bertz CT molecular complexity index is 675. The minimum atomic E-state index is -1.00. The molecule has 5 heteroatoms. The van der Waals surface area contributed by atoms with Gasteiger partial charge < -0.3 is 15.0 Å². The van der Waals surface area contributed by atoms with Crippen LogP contribution in [0.15, 0.2) is 24.4 Å². The lowest BCUT2D eigenvalue weighted by Crippen LogP contribution is -2.40. The van der Waals surface area contributed by atoms with E-state index in [4.69, 9.17) is 5.11 Å². The normalized spacial score (nSPS) is 12.3. The number of carboxylic acid groups (broad SMARTS) is 1. The number of hydrogen-bond acceptors (Lipinski definition) is 2. The average Bonchev–Trinajstić information content (AvgIpc) is 2.88. The van der Waals surface area contributed by atoms with Crippen LogP contribution >= 0.6 is 0 Å². The minimum Gasteiger partial charge on any atom is -0.480 e. The SMILES string of the molecule is CCc1cccc2c(CC(=O)N(C)C(C)C(=O)O)c[nH]c12. The maximum atomic E-state index is 12.2. The summed E-state index contributed by atoms with van der Waals surface area (Å²) >= 11 is 0. The van der Waals surface area contributed by atoms with E-state index in [0.717, 1.165) is 22.9 Å². The zero-order valence-electron chi connectivity index (χ0n) is 12.5. The second-order valence-corrected chi connectivity index (χ2v) is 5.20. The summed E-state index contributed by atoms with van der Waals surface area (Å²) in [5.74, 6) is -1.20. The summed E-state index contributed by atoms with van der Waals surface area (Å²) in [4.78, 5) is 27.6. The van der Waals surface area contributed by atoms with Crippen LogP contribution in [0.1, 0.15) is 25.0 Å². The molecule has 2 rings (SSSR count). The summed E-state index contributed by atoms with van der Waals surface area (Å²) < 4.78 is 0. The van der Waals surface area contributed by atoms with Crippen LogP contribution in [0.3, 0.4) is 0 Å². The van der Waals surface area contributed by atoms with Gasteiger partial charge in [-0.05, 0) is 24.5 Å². The van der Waals surface area contributed by atoms with E-state index in [1.54, 1.807) is 0 Å². The Kier molecular flexibility index (Phi) is 4.31. The molecule has 0 aliphatic heterocycles. The molecule has 0 saturated heterocycles.